The van der Waals surface area contributed by atoms with Crippen molar-refractivity contribution in [1.29, 1.82) is 0 Å². The maximum atomic E-state index is 13.7. The second-order valence-electron chi connectivity index (χ2n) is 14.3. The van der Waals surface area contributed by atoms with Crippen LogP contribution in [0.4, 0.5) is 16.2 Å². The van der Waals surface area contributed by atoms with Crippen LogP contribution in [0.2, 0.25) is 0 Å². The van der Waals surface area contributed by atoms with Crippen LogP contribution in [-0.4, -0.2) is 29.6 Å². The number of fused-ring (bicyclic) bond motifs is 2. The first kappa shape index (κ1) is 36.9. The van der Waals surface area contributed by atoms with E-state index in [-0.39, 0.29) is 39.1 Å². The molecule has 12 heteroatoms. The number of nitrogens with one attached hydrogen (secondary N) is 4. The molecule has 0 spiro atoms. The van der Waals surface area contributed by atoms with Gasteiger partial charge in [-0.25, -0.2) is 10.3 Å². The smallest absolute Gasteiger partial charge is 0.323 e. The first-order chi connectivity index (χ1) is 23.0. The Balaban J connectivity index is 1.72. The van der Waals surface area contributed by atoms with E-state index in [2.05, 4.69) is 22.9 Å². The summed E-state index contributed by atoms with van der Waals surface area (Å²) < 4.78 is 11.7. The lowest BCUT2D eigenvalue weighted by molar-refractivity contribution is 0.0676. The Morgan fingerprint density at radius 2 is 1.10 bits per heavy atom. The highest BCUT2D eigenvalue weighted by Crippen LogP contribution is 2.33. The first-order valence-electron chi connectivity index (χ1n) is 16.6. The van der Waals surface area contributed by atoms with E-state index >= 15 is 0 Å². The zero-order chi connectivity index (χ0) is 36.1. The van der Waals surface area contributed by atoms with E-state index in [4.69, 9.17) is 14.0 Å². The number of hydrogen-bond acceptors (Lipinski definition) is 8. The molecule has 262 valence electrons. The predicted molar refractivity (Wildman–Crippen MR) is 190 cm³/mol. The number of urea groups is 1. The Labute approximate surface area is 284 Å². The second kappa shape index (κ2) is 15.1. The Hall–Kier alpha value is -4.97. The van der Waals surface area contributed by atoms with Crippen LogP contribution in [0.5, 0.6) is 0 Å². The number of amides is 4. The average Bonchev–Trinajstić information content (AvgIpc) is 3.03. The number of hydrogen-bond donors (Lipinski definition) is 5. The minimum atomic E-state index is -1.04. The summed E-state index contributed by atoms with van der Waals surface area (Å²) in [6, 6.07) is 7.95. The lowest BCUT2D eigenvalue weighted by atomic mass is 9.86. The van der Waals surface area contributed by atoms with Gasteiger partial charge in [-0.2, -0.15) is 0 Å². The van der Waals surface area contributed by atoms with Crippen LogP contribution in [0.25, 0.3) is 21.9 Å². The lowest BCUT2D eigenvalue weighted by Crippen LogP contribution is -2.26. The topological polar surface area (TPSA) is 180 Å². The van der Waals surface area contributed by atoms with E-state index < -0.39 is 45.3 Å². The molecule has 0 saturated heterocycles. The summed E-state index contributed by atoms with van der Waals surface area (Å²) in [5.74, 6) is -2.22. The highest BCUT2D eigenvalue weighted by atomic mass is 16.5. The molecule has 0 aliphatic carbocycles. The average molecular weight is 675 g/mol. The molecular formula is C37H46N4O8. The Bertz CT molecular complexity index is 2000. The summed E-state index contributed by atoms with van der Waals surface area (Å²) in [5.41, 5.74) is 1.16. The summed E-state index contributed by atoms with van der Waals surface area (Å²) >= 11 is 0. The van der Waals surface area contributed by atoms with Crippen LogP contribution in [-0.2, 0) is 10.8 Å². The van der Waals surface area contributed by atoms with Gasteiger partial charge in [-0.15, -0.1) is 0 Å². The normalized spacial score (nSPS) is 11.8. The summed E-state index contributed by atoms with van der Waals surface area (Å²) in [5, 5.41) is 17.7. The maximum Gasteiger partial charge on any atom is 0.323 e. The standard InChI is InChI=1S/C37H46N4O8/c1-8-9-10-11-12-13-14-38-33(44)29-19-27(42)23-15-21(36(2,3)4)17-25(31(23)48-29)39-35(46)40-26-18-22(37(5,6)7)16-24-28(43)20-30(34(45)41-47)49-32(24)26/h15-20,47H,8-14H2,1-7H3,(H,38,44)(H,41,45)(H2,39,40,46). The van der Waals surface area contributed by atoms with Crippen LogP contribution in [0.1, 0.15) is 119 Å². The Kier molecular flexibility index (Phi) is 11.3. The van der Waals surface area contributed by atoms with E-state index in [1.54, 1.807) is 24.3 Å². The van der Waals surface area contributed by atoms with Crippen LogP contribution < -0.4 is 32.3 Å². The molecule has 0 saturated carbocycles. The van der Waals surface area contributed by atoms with Gasteiger partial charge in [0.1, 0.15) is 0 Å². The zero-order valence-corrected chi connectivity index (χ0v) is 29.2. The maximum absolute atomic E-state index is 13.7. The van der Waals surface area contributed by atoms with E-state index in [9.17, 15) is 24.0 Å². The van der Waals surface area contributed by atoms with Crippen LogP contribution >= 0.6 is 0 Å². The fourth-order valence-corrected chi connectivity index (χ4v) is 5.32. The minimum Gasteiger partial charge on any atom is -0.448 e. The second-order valence-corrected chi connectivity index (χ2v) is 14.3. The predicted octanol–water partition coefficient (Wildman–Crippen LogP) is 7.35. The quantitative estimate of drug-likeness (QED) is 0.0622. The van der Waals surface area contributed by atoms with E-state index in [0.29, 0.717) is 12.1 Å². The van der Waals surface area contributed by atoms with Gasteiger partial charge in [-0.1, -0.05) is 80.6 Å². The van der Waals surface area contributed by atoms with Crippen molar-refractivity contribution in [2.75, 3.05) is 17.2 Å². The number of benzene rings is 2. The van der Waals surface area contributed by atoms with E-state index in [0.717, 1.165) is 49.8 Å². The van der Waals surface area contributed by atoms with Gasteiger partial charge < -0.3 is 24.8 Å². The summed E-state index contributed by atoms with van der Waals surface area (Å²) in [6.45, 7) is 14.2. The van der Waals surface area contributed by atoms with Crippen molar-refractivity contribution in [1.82, 2.24) is 10.8 Å². The molecule has 0 radical (unpaired) electrons. The molecule has 0 atom stereocenters. The fraction of sp³-hybridized carbons (Fsp3) is 0.432. The number of carbonyl (C=O) groups is 3. The largest absolute Gasteiger partial charge is 0.448 e. The Morgan fingerprint density at radius 3 is 1.55 bits per heavy atom. The molecule has 4 rings (SSSR count). The molecule has 49 heavy (non-hydrogen) atoms. The van der Waals surface area contributed by atoms with Crippen molar-refractivity contribution < 1.29 is 28.4 Å². The molecule has 2 aromatic carbocycles. The van der Waals surface area contributed by atoms with Crippen LogP contribution in [0, 0.1) is 0 Å². The van der Waals surface area contributed by atoms with Gasteiger partial charge >= 0.3 is 11.9 Å². The van der Waals surface area contributed by atoms with Gasteiger partial charge in [0.15, 0.2) is 33.5 Å². The number of carbonyl (C=O) groups excluding carboxylic acids is 3. The lowest BCUT2D eigenvalue weighted by Gasteiger charge is -2.22. The molecule has 12 nitrogen and oxygen atoms in total. The minimum absolute atomic E-state index is 0.0158. The molecule has 0 aliphatic rings. The molecule has 0 unspecified atom stereocenters. The number of hydroxylamine groups is 1. The first-order valence-corrected chi connectivity index (χ1v) is 16.6. The summed E-state index contributed by atoms with van der Waals surface area (Å²) in [7, 11) is 0. The van der Waals surface area contributed by atoms with Crippen molar-refractivity contribution in [3.63, 3.8) is 0 Å². The molecule has 0 bridgehead atoms. The third-order valence-electron chi connectivity index (χ3n) is 8.25. The van der Waals surface area contributed by atoms with E-state index in [1.165, 1.54) is 11.9 Å². The van der Waals surface area contributed by atoms with Gasteiger partial charge in [0.25, 0.3) is 5.91 Å². The third kappa shape index (κ3) is 8.94. The van der Waals surface area contributed by atoms with Gasteiger partial charge in [-0.3, -0.25) is 24.4 Å². The SMILES string of the molecule is CCCCCCCCNC(=O)c1cc(=O)c2cc(C(C)(C)C)cc(NC(=O)Nc3cc(C(C)(C)C)cc4c(=O)cc(C(=O)NO)oc34)c2o1. The number of unbranched alkanes of at least 4 members (excludes halogenated alkanes) is 5. The summed E-state index contributed by atoms with van der Waals surface area (Å²) in [6.07, 6.45) is 6.35. The van der Waals surface area contributed by atoms with E-state index in [1.807, 2.05) is 41.5 Å². The molecule has 2 aromatic heterocycles. The van der Waals surface area contributed by atoms with Gasteiger partial charge in [0.05, 0.1) is 22.1 Å². The van der Waals surface area contributed by atoms with Crippen molar-refractivity contribution in [3.8, 4) is 0 Å². The van der Waals surface area contributed by atoms with Gasteiger partial charge in [0.2, 0.25) is 0 Å². The molecular weight excluding hydrogens is 628 g/mol. The highest BCUT2D eigenvalue weighted by molar-refractivity contribution is 6.08. The summed E-state index contributed by atoms with van der Waals surface area (Å²) in [4.78, 5) is 65.2. The molecule has 2 heterocycles. The molecule has 0 aliphatic heterocycles. The zero-order valence-electron chi connectivity index (χ0n) is 29.2. The Morgan fingerprint density at radius 1 is 0.653 bits per heavy atom. The number of anilines is 2. The molecule has 0 fully saturated rings. The van der Waals surface area contributed by atoms with Crippen molar-refractivity contribution >= 4 is 51.2 Å². The van der Waals surface area contributed by atoms with Crippen LogP contribution in [0.3, 0.4) is 0 Å². The highest BCUT2D eigenvalue weighted by Gasteiger charge is 2.24. The molecule has 4 amide bonds. The number of rotatable bonds is 11. The fourth-order valence-electron chi connectivity index (χ4n) is 5.32. The molecule has 5 N–H and O–H groups in total. The van der Waals surface area contributed by atoms with Gasteiger partial charge in [0, 0.05) is 18.7 Å². The monoisotopic (exact) mass is 674 g/mol. The van der Waals surface area contributed by atoms with Crippen molar-refractivity contribution in [2.24, 2.45) is 0 Å². The van der Waals surface area contributed by atoms with Gasteiger partial charge in [-0.05, 0) is 52.6 Å². The van der Waals surface area contributed by atoms with Crippen LogP contribution in [0.15, 0.2) is 54.8 Å². The van der Waals surface area contributed by atoms with Crippen molar-refractivity contribution in [2.45, 2.75) is 97.8 Å². The third-order valence-corrected chi connectivity index (χ3v) is 8.25. The van der Waals surface area contributed by atoms with Crippen molar-refractivity contribution in [3.05, 3.63) is 79.5 Å². The molecule has 4 aromatic rings.